The molecule has 44 heavy (non-hydrogen) atoms. The van der Waals surface area contributed by atoms with Gasteiger partial charge in [-0.1, -0.05) is 48.5 Å². The summed E-state index contributed by atoms with van der Waals surface area (Å²) in [5.41, 5.74) is 1.39. The highest BCUT2D eigenvalue weighted by molar-refractivity contribution is 9.10. The summed E-state index contributed by atoms with van der Waals surface area (Å²) in [4.78, 5) is 15.2. The van der Waals surface area contributed by atoms with Gasteiger partial charge >= 0.3 is 11.3 Å². The van der Waals surface area contributed by atoms with Crippen molar-refractivity contribution in [2.75, 3.05) is 19.7 Å². The van der Waals surface area contributed by atoms with Gasteiger partial charge in [-0.3, -0.25) is 4.90 Å². The van der Waals surface area contributed by atoms with E-state index in [2.05, 4.69) is 15.9 Å². The molecule has 0 aliphatic carbocycles. The van der Waals surface area contributed by atoms with Gasteiger partial charge in [-0.05, 0) is 96.4 Å². The predicted molar refractivity (Wildman–Crippen MR) is 167 cm³/mol. The molecule has 1 saturated heterocycles. The number of carbonyl (C=O) groups excluding carboxylic acids is 1. The second-order valence-corrected chi connectivity index (χ2v) is 15.2. The quantitative estimate of drug-likeness (QED) is 0.242. The number of hydrogen-bond donors (Lipinski definition) is 0. The molecular weight excluding hydrogens is 654 g/mol. The number of benzene rings is 3. The lowest BCUT2D eigenvalue weighted by atomic mass is 9.98. The molecule has 2 aliphatic heterocycles. The zero-order valence-electron chi connectivity index (χ0n) is 25.0. The Kier molecular flexibility index (Phi) is 9.39. The molecule has 0 radical (unpaired) electrons. The minimum absolute atomic E-state index is 0.159. The van der Waals surface area contributed by atoms with Gasteiger partial charge < -0.3 is 14.4 Å². The Labute approximate surface area is 266 Å². The summed E-state index contributed by atoms with van der Waals surface area (Å²) >= 11 is 3.49. The van der Waals surface area contributed by atoms with Gasteiger partial charge in [-0.25, -0.2) is 13.2 Å². The maximum atomic E-state index is 16.4. The fraction of sp³-hybridized carbons (Fsp3) is 0.424. The van der Waals surface area contributed by atoms with Gasteiger partial charge in [0.15, 0.2) is 0 Å². The first-order chi connectivity index (χ1) is 20.8. The highest BCUT2D eigenvalue weighted by Gasteiger charge is 2.56. The average Bonchev–Trinajstić information content (AvgIpc) is 3.40. The lowest BCUT2D eigenvalue weighted by molar-refractivity contribution is -0.0174. The molecule has 5 rings (SSSR count). The van der Waals surface area contributed by atoms with Crippen LogP contribution in [0.15, 0.2) is 82.2 Å². The molecule has 0 spiro atoms. The number of ether oxygens (including phenoxy) is 2. The SMILES string of the molecule is CC(C)(C)OC(=O)N1CCC(COc2ccc(C(N3Cc4ccccc4C3)C(F)(F)S(=O)(=O)c3ccccc3)cc2Br)CC1. The predicted octanol–water partition coefficient (Wildman–Crippen LogP) is 7.60. The summed E-state index contributed by atoms with van der Waals surface area (Å²) in [6.07, 6.45) is 1.17. The van der Waals surface area contributed by atoms with Crippen LogP contribution in [0.4, 0.5) is 13.6 Å². The fourth-order valence-corrected chi connectivity index (χ4v) is 7.60. The Morgan fingerprint density at radius 1 is 0.955 bits per heavy atom. The van der Waals surface area contributed by atoms with E-state index in [0.717, 1.165) is 24.0 Å². The molecule has 2 heterocycles. The number of fused-ring (bicyclic) bond motifs is 1. The molecule has 1 unspecified atom stereocenters. The number of rotatable bonds is 8. The van der Waals surface area contributed by atoms with Crippen LogP contribution in [0, 0.1) is 5.92 Å². The Bertz CT molecular complexity index is 1560. The van der Waals surface area contributed by atoms with Gasteiger partial charge in [0.1, 0.15) is 17.4 Å². The molecule has 7 nitrogen and oxygen atoms in total. The summed E-state index contributed by atoms with van der Waals surface area (Å²) < 4.78 is 71.6. The Balaban J connectivity index is 1.33. The second kappa shape index (κ2) is 12.8. The monoisotopic (exact) mass is 690 g/mol. The third kappa shape index (κ3) is 6.94. The zero-order chi connectivity index (χ0) is 31.7. The minimum Gasteiger partial charge on any atom is -0.492 e. The van der Waals surface area contributed by atoms with Crippen LogP contribution in [0.1, 0.15) is 56.3 Å². The highest BCUT2D eigenvalue weighted by atomic mass is 79.9. The normalized spacial score (nSPS) is 17.3. The summed E-state index contributed by atoms with van der Waals surface area (Å²) in [6, 6.07) is 17.2. The highest BCUT2D eigenvalue weighted by Crippen LogP contribution is 2.47. The van der Waals surface area contributed by atoms with Gasteiger partial charge in [-0.15, -0.1) is 0 Å². The number of amides is 1. The van der Waals surface area contributed by atoms with Crippen molar-refractivity contribution in [3.8, 4) is 5.75 Å². The van der Waals surface area contributed by atoms with Crippen molar-refractivity contribution in [2.24, 2.45) is 5.92 Å². The lowest BCUT2D eigenvalue weighted by Gasteiger charge is -2.34. The molecule has 0 saturated carbocycles. The molecule has 0 bridgehead atoms. The van der Waals surface area contributed by atoms with Crippen LogP contribution >= 0.6 is 15.9 Å². The van der Waals surface area contributed by atoms with Crippen molar-refractivity contribution in [1.29, 1.82) is 0 Å². The molecule has 11 heteroatoms. The summed E-state index contributed by atoms with van der Waals surface area (Å²) in [5, 5.41) is -4.14. The first-order valence-corrected chi connectivity index (χ1v) is 16.9. The second-order valence-electron chi connectivity index (χ2n) is 12.4. The fourth-order valence-electron chi connectivity index (χ4n) is 5.68. The first-order valence-electron chi connectivity index (χ1n) is 14.6. The van der Waals surface area contributed by atoms with Gasteiger partial charge in [0.05, 0.1) is 16.0 Å². The maximum Gasteiger partial charge on any atom is 0.410 e. The standard InChI is InChI=1S/C33H37BrF2N2O5S/c1-32(2,3)43-31(39)37-17-15-23(16-18-37)22-42-29-14-13-24(19-28(29)34)30(38-20-25-9-7-8-10-26(25)21-38)33(35,36)44(40,41)27-11-5-4-6-12-27/h4-14,19,23,30H,15-18,20-22H2,1-3H3. The largest absolute Gasteiger partial charge is 0.492 e. The number of piperidine rings is 1. The first kappa shape index (κ1) is 32.4. The molecule has 1 atom stereocenters. The molecule has 0 aromatic heterocycles. The van der Waals surface area contributed by atoms with E-state index in [1.807, 2.05) is 45.0 Å². The number of carbonyl (C=O) groups is 1. The van der Waals surface area contributed by atoms with Crippen LogP contribution in [0.3, 0.4) is 0 Å². The van der Waals surface area contributed by atoms with E-state index < -0.39 is 31.6 Å². The van der Waals surface area contributed by atoms with E-state index in [0.29, 0.717) is 29.9 Å². The van der Waals surface area contributed by atoms with Crippen molar-refractivity contribution in [2.45, 2.75) is 68.5 Å². The van der Waals surface area contributed by atoms with Gasteiger partial charge in [0, 0.05) is 26.2 Å². The summed E-state index contributed by atoms with van der Waals surface area (Å²) in [6.45, 7) is 7.42. The third-order valence-corrected chi connectivity index (χ3v) is 10.4. The summed E-state index contributed by atoms with van der Waals surface area (Å²) in [7, 11) is -5.04. The minimum atomic E-state index is -5.04. The zero-order valence-corrected chi connectivity index (χ0v) is 27.4. The van der Waals surface area contributed by atoms with Crippen molar-refractivity contribution >= 4 is 31.9 Å². The molecular formula is C33H37BrF2N2O5S. The van der Waals surface area contributed by atoms with E-state index in [1.54, 1.807) is 17.0 Å². The number of likely N-dealkylation sites (tertiary alicyclic amines) is 1. The smallest absolute Gasteiger partial charge is 0.410 e. The Hall–Kier alpha value is -3.02. The lowest BCUT2D eigenvalue weighted by Crippen LogP contribution is -2.43. The molecule has 3 aromatic rings. The molecule has 0 N–H and O–H groups in total. The number of sulfone groups is 1. The Morgan fingerprint density at radius 3 is 2.11 bits per heavy atom. The van der Waals surface area contributed by atoms with Crippen LogP contribution in [-0.2, 0) is 27.7 Å². The van der Waals surface area contributed by atoms with Gasteiger partial charge in [-0.2, -0.15) is 8.78 Å². The van der Waals surface area contributed by atoms with Crippen molar-refractivity contribution in [1.82, 2.24) is 9.80 Å². The van der Waals surface area contributed by atoms with Crippen LogP contribution < -0.4 is 4.74 Å². The molecule has 1 amide bonds. The van der Waals surface area contributed by atoms with Crippen LogP contribution in [-0.4, -0.2) is 54.9 Å². The van der Waals surface area contributed by atoms with Crippen molar-refractivity contribution in [3.05, 3.63) is 94.0 Å². The van der Waals surface area contributed by atoms with E-state index in [1.165, 1.54) is 41.3 Å². The van der Waals surface area contributed by atoms with E-state index in [4.69, 9.17) is 9.47 Å². The van der Waals surface area contributed by atoms with Crippen molar-refractivity contribution in [3.63, 3.8) is 0 Å². The van der Waals surface area contributed by atoms with Crippen molar-refractivity contribution < 1.29 is 31.5 Å². The van der Waals surface area contributed by atoms with Gasteiger partial charge in [0.2, 0.25) is 9.84 Å². The molecule has 1 fully saturated rings. The average molecular weight is 692 g/mol. The Morgan fingerprint density at radius 2 is 1.55 bits per heavy atom. The molecule has 3 aromatic carbocycles. The number of alkyl halides is 2. The van der Waals surface area contributed by atoms with E-state index in [-0.39, 0.29) is 30.7 Å². The van der Waals surface area contributed by atoms with Crippen LogP contribution in [0.2, 0.25) is 0 Å². The van der Waals surface area contributed by atoms with Gasteiger partial charge in [0.25, 0.3) is 0 Å². The third-order valence-electron chi connectivity index (χ3n) is 7.97. The topological polar surface area (TPSA) is 76.2 Å². The van der Waals surface area contributed by atoms with Crippen LogP contribution in [0.25, 0.3) is 0 Å². The van der Waals surface area contributed by atoms with E-state index in [9.17, 15) is 13.2 Å². The number of halogens is 3. The van der Waals surface area contributed by atoms with Crippen LogP contribution in [0.5, 0.6) is 5.75 Å². The maximum absolute atomic E-state index is 16.4. The number of nitrogens with zero attached hydrogens (tertiary/aromatic N) is 2. The molecule has 236 valence electrons. The molecule has 2 aliphatic rings. The summed E-state index contributed by atoms with van der Waals surface area (Å²) in [5.74, 6) is 0.678. The number of hydrogen-bond acceptors (Lipinski definition) is 6. The van der Waals surface area contributed by atoms with E-state index >= 15 is 8.78 Å².